The summed E-state index contributed by atoms with van der Waals surface area (Å²) < 4.78 is 24.3. The lowest BCUT2D eigenvalue weighted by Crippen LogP contribution is -2.45. The number of anilines is 1. The summed E-state index contributed by atoms with van der Waals surface area (Å²) in [5.74, 6) is -0.726. The monoisotopic (exact) mass is 276 g/mol. The Morgan fingerprint density at radius 3 is 2.47 bits per heavy atom. The third kappa shape index (κ3) is 3.34. The smallest absolute Gasteiger partial charge is 0.241 e. The van der Waals surface area contributed by atoms with Gasteiger partial charge in [0.1, 0.15) is 6.04 Å². The molecule has 1 atom stereocenters. The summed E-state index contributed by atoms with van der Waals surface area (Å²) >= 11 is 5.79. The predicted octanol–water partition coefficient (Wildman–Crippen LogP) is 0.980. The minimum Gasteiger partial charge on any atom is -0.368 e. The highest BCUT2D eigenvalue weighted by Crippen LogP contribution is 2.23. The molecule has 0 saturated heterocycles. The maximum atomic E-state index is 11.7. The Bertz CT molecular complexity index is 530. The molecule has 0 aromatic heterocycles. The second kappa shape index (κ2) is 4.93. The Labute approximate surface area is 105 Å². The summed E-state index contributed by atoms with van der Waals surface area (Å²) in [6, 6.07) is 5.25. The molecule has 94 valence electrons. The van der Waals surface area contributed by atoms with E-state index in [0.29, 0.717) is 10.7 Å². The standard InChI is InChI=1S/C10H13ClN2O3S/c1-7(10(12)14)13(17(2,15)16)9-5-3-4-8(11)6-9/h3-7H,1-2H3,(H2,12,14)/t7-/m1/s1. The van der Waals surface area contributed by atoms with E-state index >= 15 is 0 Å². The van der Waals surface area contributed by atoms with Gasteiger partial charge in [0.25, 0.3) is 0 Å². The Morgan fingerprint density at radius 2 is 2.06 bits per heavy atom. The van der Waals surface area contributed by atoms with Crippen molar-refractivity contribution in [2.75, 3.05) is 10.6 Å². The minimum atomic E-state index is -3.61. The second-order valence-corrected chi connectivity index (χ2v) is 5.91. The molecule has 17 heavy (non-hydrogen) atoms. The SMILES string of the molecule is C[C@H](C(N)=O)N(c1cccc(Cl)c1)S(C)(=O)=O. The molecule has 1 amide bonds. The van der Waals surface area contributed by atoms with Crippen LogP contribution in [0.5, 0.6) is 0 Å². The first-order chi connectivity index (χ1) is 7.73. The molecule has 0 saturated carbocycles. The van der Waals surface area contributed by atoms with Gasteiger partial charge in [-0.05, 0) is 25.1 Å². The van der Waals surface area contributed by atoms with Crippen LogP contribution in [-0.2, 0) is 14.8 Å². The zero-order chi connectivity index (χ0) is 13.2. The van der Waals surface area contributed by atoms with E-state index < -0.39 is 22.0 Å². The van der Waals surface area contributed by atoms with Gasteiger partial charge >= 0.3 is 0 Å². The van der Waals surface area contributed by atoms with Gasteiger partial charge in [-0.1, -0.05) is 17.7 Å². The topological polar surface area (TPSA) is 80.5 Å². The van der Waals surface area contributed by atoms with Crippen LogP contribution in [0.15, 0.2) is 24.3 Å². The number of rotatable bonds is 4. The van der Waals surface area contributed by atoms with Gasteiger partial charge in [0.15, 0.2) is 0 Å². The van der Waals surface area contributed by atoms with Gasteiger partial charge < -0.3 is 5.73 Å². The average Bonchev–Trinajstić information content (AvgIpc) is 2.15. The Kier molecular flexibility index (Phi) is 4.00. The van der Waals surface area contributed by atoms with Crippen molar-refractivity contribution in [2.24, 2.45) is 5.73 Å². The van der Waals surface area contributed by atoms with Gasteiger partial charge in [0.2, 0.25) is 15.9 Å². The highest BCUT2D eigenvalue weighted by Gasteiger charge is 2.27. The van der Waals surface area contributed by atoms with E-state index in [1.165, 1.54) is 13.0 Å². The number of halogens is 1. The molecular weight excluding hydrogens is 264 g/mol. The zero-order valence-corrected chi connectivity index (χ0v) is 11.0. The van der Waals surface area contributed by atoms with Crippen molar-refractivity contribution >= 4 is 33.2 Å². The van der Waals surface area contributed by atoms with Crippen molar-refractivity contribution in [3.8, 4) is 0 Å². The average molecular weight is 277 g/mol. The molecule has 0 fully saturated rings. The van der Waals surface area contributed by atoms with Crippen molar-refractivity contribution in [3.05, 3.63) is 29.3 Å². The van der Waals surface area contributed by atoms with Crippen molar-refractivity contribution in [2.45, 2.75) is 13.0 Å². The largest absolute Gasteiger partial charge is 0.368 e. The van der Waals surface area contributed by atoms with Crippen molar-refractivity contribution in [1.29, 1.82) is 0 Å². The Hall–Kier alpha value is -1.27. The number of hydrogen-bond acceptors (Lipinski definition) is 3. The fourth-order valence-electron chi connectivity index (χ4n) is 1.43. The number of sulfonamides is 1. The van der Waals surface area contributed by atoms with Crippen molar-refractivity contribution in [1.82, 2.24) is 0 Å². The highest BCUT2D eigenvalue weighted by atomic mass is 35.5. The molecule has 1 rings (SSSR count). The zero-order valence-electron chi connectivity index (χ0n) is 9.42. The molecule has 0 bridgehead atoms. The number of nitrogens with zero attached hydrogens (tertiary/aromatic N) is 1. The molecular formula is C10H13ClN2O3S. The summed E-state index contributed by atoms with van der Waals surface area (Å²) in [6.07, 6.45) is 1.01. The number of carbonyl (C=O) groups is 1. The van der Waals surface area contributed by atoms with Crippen LogP contribution in [0.1, 0.15) is 6.92 Å². The first kappa shape index (κ1) is 13.8. The van der Waals surface area contributed by atoms with Crippen LogP contribution >= 0.6 is 11.6 Å². The van der Waals surface area contributed by atoms with Crippen molar-refractivity contribution < 1.29 is 13.2 Å². The maximum absolute atomic E-state index is 11.7. The van der Waals surface area contributed by atoms with Crippen LogP contribution in [0.3, 0.4) is 0 Å². The van der Waals surface area contributed by atoms with Gasteiger partial charge in [0, 0.05) is 5.02 Å². The quantitative estimate of drug-likeness (QED) is 0.890. The number of amides is 1. The minimum absolute atomic E-state index is 0.311. The van der Waals surface area contributed by atoms with E-state index in [9.17, 15) is 13.2 Å². The second-order valence-electron chi connectivity index (χ2n) is 3.62. The van der Waals surface area contributed by atoms with E-state index in [-0.39, 0.29) is 0 Å². The number of hydrogen-bond donors (Lipinski definition) is 1. The fraction of sp³-hybridized carbons (Fsp3) is 0.300. The van der Waals surface area contributed by atoms with Gasteiger partial charge in [-0.3, -0.25) is 9.10 Å². The molecule has 0 aliphatic carbocycles. The maximum Gasteiger partial charge on any atom is 0.241 e. The molecule has 1 aromatic rings. The van der Waals surface area contributed by atoms with Crippen LogP contribution in [-0.4, -0.2) is 26.6 Å². The van der Waals surface area contributed by atoms with Crippen LogP contribution in [0.4, 0.5) is 5.69 Å². The molecule has 2 N–H and O–H groups in total. The summed E-state index contributed by atoms with van der Waals surface area (Å²) in [4.78, 5) is 11.1. The molecule has 5 nitrogen and oxygen atoms in total. The number of primary amides is 1. The molecule has 0 unspecified atom stereocenters. The lowest BCUT2D eigenvalue weighted by molar-refractivity contribution is -0.118. The van der Waals surface area contributed by atoms with E-state index in [1.54, 1.807) is 18.2 Å². The lowest BCUT2D eigenvalue weighted by Gasteiger charge is -2.26. The van der Waals surface area contributed by atoms with Crippen molar-refractivity contribution in [3.63, 3.8) is 0 Å². The number of carbonyl (C=O) groups excluding carboxylic acids is 1. The summed E-state index contributed by atoms with van der Waals surface area (Å²) in [5.41, 5.74) is 5.44. The van der Waals surface area contributed by atoms with E-state index in [0.717, 1.165) is 10.6 Å². The molecule has 0 heterocycles. The Morgan fingerprint density at radius 1 is 1.47 bits per heavy atom. The lowest BCUT2D eigenvalue weighted by atomic mass is 10.2. The van der Waals surface area contributed by atoms with Crippen LogP contribution in [0, 0.1) is 0 Å². The van der Waals surface area contributed by atoms with Gasteiger partial charge in [-0.15, -0.1) is 0 Å². The van der Waals surface area contributed by atoms with Gasteiger partial charge in [-0.25, -0.2) is 8.42 Å². The normalized spacial score (nSPS) is 13.1. The van der Waals surface area contributed by atoms with Crippen LogP contribution in [0.2, 0.25) is 5.02 Å². The van der Waals surface area contributed by atoms with E-state index in [2.05, 4.69) is 0 Å². The molecule has 7 heteroatoms. The third-order valence-corrected chi connectivity index (χ3v) is 3.66. The molecule has 1 aromatic carbocycles. The summed E-state index contributed by atoms with van der Waals surface area (Å²) in [7, 11) is -3.61. The molecule has 0 aliphatic rings. The molecule has 0 aliphatic heterocycles. The van der Waals surface area contributed by atoms with Gasteiger partial charge in [0.05, 0.1) is 11.9 Å². The summed E-state index contributed by atoms with van der Waals surface area (Å²) in [5, 5.41) is 0.382. The first-order valence-electron chi connectivity index (χ1n) is 4.78. The summed E-state index contributed by atoms with van der Waals surface area (Å²) in [6.45, 7) is 1.42. The Balaban J connectivity index is 3.30. The number of nitrogens with two attached hydrogens (primary N) is 1. The molecule has 0 radical (unpaired) electrons. The van der Waals surface area contributed by atoms with Gasteiger partial charge in [-0.2, -0.15) is 0 Å². The first-order valence-corrected chi connectivity index (χ1v) is 7.00. The fourth-order valence-corrected chi connectivity index (χ4v) is 2.79. The third-order valence-electron chi connectivity index (χ3n) is 2.18. The highest BCUT2D eigenvalue weighted by molar-refractivity contribution is 7.92. The van der Waals surface area contributed by atoms with E-state index in [4.69, 9.17) is 17.3 Å². The number of benzene rings is 1. The van der Waals surface area contributed by atoms with Crippen LogP contribution < -0.4 is 10.0 Å². The predicted molar refractivity (Wildman–Crippen MR) is 67.4 cm³/mol. The van der Waals surface area contributed by atoms with Crippen LogP contribution in [0.25, 0.3) is 0 Å². The van der Waals surface area contributed by atoms with E-state index in [1.807, 2.05) is 0 Å². The molecule has 0 spiro atoms.